The molecule has 2 aliphatic heterocycles. The van der Waals surface area contributed by atoms with Crippen molar-refractivity contribution < 1.29 is 0 Å². The second kappa shape index (κ2) is 10.4. The Morgan fingerprint density at radius 3 is 2.50 bits per heavy atom. The van der Waals surface area contributed by atoms with Crippen LogP contribution in [0.2, 0.25) is 10.0 Å². The van der Waals surface area contributed by atoms with Crippen LogP contribution < -0.4 is 10.2 Å². The van der Waals surface area contributed by atoms with Crippen LogP contribution in [0, 0.1) is 10.9 Å². The van der Waals surface area contributed by atoms with Crippen LogP contribution in [0.25, 0.3) is 0 Å². The number of benzene rings is 3. The second-order valence-corrected chi connectivity index (χ2v) is 12.7. The number of hydrogen-bond donors (Lipinski definition) is 2. The van der Waals surface area contributed by atoms with Crippen molar-refractivity contribution in [1.29, 1.82) is 5.53 Å². The first-order chi connectivity index (χ1) is 18.1. The molecule has 0 radical (unpaired) electrons. The molecule has 1 fully saturated rings. The van der Waals surface area contributed by atoms with Crippen molar-refractivity contribution in [2.45, 2.75) is 58.0 Å². The Hall–Kier alpha value is -2.73. The van der Waals surface area contributed by atoms with Crippen LogP contribution in [0.3, 0.4) is 0 Å². The predicted molar refractivity (Wildman–Crippen MR) is 158 cm³/mol. The van der Waals surface area contributed by atoms with E-state index in [2.05, 4.69) is 89.8 Å². The highest BCUT2D eigenvalue weighted by Crippen LogP contribution is 2.56. The van der Waals surface area contributed by atoms with Gasteiger partial charge in [-0.2, -0.15) is 5.53 Å². The molecular weight excluding hydrogens is 513 g/mol. The normalized spacial score (nSPS) is 23.2. The standard InChI is InChI=1S/C31H35Cl2N5/c1-20(36-37-34)22-11-9-21(10-12-22)18-38-19-31(25-15-23(32)13-14-28(25)38)26(24-7-5-6-8-27(24)33)17-35-29(31)16-30(2,3)4/h5-15,26,29,34-35H,16-19H2,1-4H3/b36-20+,37-34?/t26-,29+,31-/m1/s1. The van der Waals surface area contributed by atoms with E-state index in [9.17, 15) is 0 Å². The van der Waals surface area contributed by atoms with Gasteiger partial charge >= 0.3 is 0 Å². The van der Waals surface area contributed by atoms with E-state index in [1.165, 1.54) is 22.4 Å². The smallest absolute Gasteiger partial charge is 0.0689 e. The Kier molecular flexibility index (Phi) is 7.38. The van der Waals surface area contributed by atoms with E-state index in [1.54, 1.807) is 0 Å². The minimum atomic E-state index is -0.169. The Morgan fingerprint density at radius 2 is 1.82 bits per heavy atom. The monoisotopic (exact) mass is 547 g/mol. The average Bonchev–Trinajstić information content (AvgIpc) is 3.37. The third-order valence-corrected chi connectivity index (χ3v) is 8.69. The number of nitrogens with one attached hydrogen (secondary N) is 2. The molecule has 198 valence electrons. The van der Waals surface area contributed by atoms with Gasteiger partial charge in [0, 0.05) is 52.7 Å². The summed E-state index contributed by atoms with van der Waals surface area (Å²) in [7, 11) is 0. The van der Waals surface area contributed by atoms with Crippen LogP contribution in [-0.2, 0) is 12.0 Å². The van der Waals surface area contributed by atoms with Crippen molar-refractivity contribution in [2.24, 2.45) is 15.7 Å². The fourth-order valence-electron chi connectivity index (χ4n) is 6.46. The molecule has 38 heavy (non-hydrogen) atoms. The zero-order valence-electron chi connectivity index (χ0n) is 22.4. The largest absolute Gasteiger partial charge is 0.366 e. The fraction of sp³-hybridized carbons (Fsp3) is 0.387. The van der Waals surface area contributed by atoms with Crippen molar-refractivity contribution >= 4 is 34.6 Å². The maximum Gasteiger partial charge on any atom is 0.0689 e. The molecule has 5 rings (SSSR count). The molecule has 3 aromatic carbocycles. The Morgan fingerprint density at radius 1 is 1.08 bits per heavy atom. The molecule has 0 amide bonds. The molecular formula is C31H35Cl2N5. The maximum atomic E-state index is 7.01. The zero-order valence-corrected chi connectivity index (χ0v) is 23.9. The minimum Gasteiger partial charge on any atom is -0.366 e. The molecule has 0 unspecified atom stereocenters. The third-order valence-electron chi connectivity index (χ3n) is 8.11. The van der Waals surface area contributed by atoms with Crippen molar-refractivity contribution in [2.75, 3.05) is 18.0 Å². The summed E-state index contributed by atoms with van der Waals surface area (Å²) >= 11 is 13.5. The first kappa shape index (κ1) is 26.9. The number of anilines is 1. The lowest BCUT2D eigenvalue weighted by molar-refractivity contribution is 0.256. The lowest BCUT2D eigenvalue weighted by Gasteiger charge is -2.40. The van der Waals surface area contributed by atoms with Gasteiger partial charge < -0.3 is 10.2 Å². The maximum absolute atomic E-state index is 7.01. The van der Waals surface area contributed by atoms with Gasteiger partial charge in [0.1, 0.15) is 0 Å². The van der Waals surface area contributed by atoms with Crippen LogP contribution in [0.4, 0.5) is 5.69 Å². The van der Waals surface area contributed by atoms with Gasteiger partial charge in [0.05, 0.1) is 5.71 Å². The molecule has 1 spiro atoms. The lowest BCUT2D eigenvalue weighted by Crippen LogP contribution is -2.48. The highest BCUT2D eigenvalue weighted by molar-refractivity contribution is 6.31. The van der Waals surface area contributed by atoms with Crippen LogP contribution in [0.5, 0.6) is 0 Å². The topological polar surface area (TPSA) is 63.8 Å². The van der Waals surface area contributed by atoms with Gasteiger partial charge in [-0.3, -0.25) is 0 Å². The molecule has 0 aromatic heterocycles. The van der Waals surface area contributed by atoms with Gasteiger partial charge in [0.15, 0.2) is 0 Å². The summed E-state index contributed by atoms with van der Waals surface area (Å²) < 4.78 is 0. The summed E-state index contributed by atoms with van der Waals surface area (Å²) in [6.45, 7) is 11.4. The number of hydrogen-bond acceptors (Lipinski definition) is 4. The van der Waals surface area contributed by atoms with E-state index in [0.29, 0.717) is 0 Å². The Bertz CT molecular complexity index is 1360. The second-order valence-electron chi connectivity index (χ2n) is 11.8. The molecule has 2 N–H and O–H groups in total. The minimum absolute atomic E-state index is 0.160. The Labute approximate surface area is 235 Å². The lowest BCUT2D eigenvalue weighted by atomic mass is 9.64. The molecule has 5 nitrogen and oxygen atoms in total. The molecule has 0 aliphatic carbocycles. The van der Waals surface area contributed by atoms with Gasteiger partial charge in [0.25, 0.3) is 0 Å². The van der Waals surface area contributed by atoms with E-state index >= 15 is 0 Å². The van der Waals surface area contributed by atoms with Crippen molar-refractivity contribution in [3.05, 3.63) is 99.0 Å². The summed E-state index contributed by atoms with van der Waals surface area (Å²) in [5.41, 5.74) is 13.7. The molecule has 1 saturated heterocycles. The quantitative estimate of drug-likeness (QED) is 0.185. The van der Waals surface area contributed by atoms with E-state index in [-0.39, 0.29) is 22.8 Å². The number of halogens is 2. The van der Waals surface area contributed by atoms with Gasteiger partial charge in [-0.25, -0.2) is 0 Å². The van der Waals surface area contributed by atoms with E-state index in [0.717, 1.165) is 47.4 Å². The number of nitrogens with zero attached hydrogens (tertiary/aromatic N) is 3. The van der Waals surface area contributed by atoms with E-state index in [4.69, 9.17) is 28.7 Å². The van der Waals surface area contributed by atoms with E-state index < -0.39 is 0 Å². The summed E-state index contributed by atoms with van der Waals surface area (Å²) in [5, 5.41) is 12.6. The number of rotatable bonds is 6. The summed E-state index contributed by atoms with van der Waals surface area (Å²) in [6.07, 6.45) is 1.04. The SMILES string of the molecule is C/C(=N\N=N)c1ccc(CN2C[C@]3(c4cc(Cl)ccc42)[C@H](CC(C)(C)C)NC[C@@H]3c2ccccc2Cl)cc1. The molecule has 7 heteroatoms. The van der Waals surface area contributed by atoms with Crippen LogP contribution >= 0.6 is 23.2 Å². The first-order valence-electron chi connectivity index (χ1n) is 13.2. The zero-order chi connectivity index (χ0) is 27.1. The van der Waals surface area contributed by atoms with Crippen molar-refractivity contribution in [3.63, 3.8) is 0 Å². The predicted octanol–water partition coefficient (Wildman–Crippen LogP) is 8.20. The van der Waals surface area contributed by atoms with Crippen LogP contribution in [0.1, 0.15) is 62.3 Å². The third kappa shape index (κ3) is 5.00. The molecule has 2 heterocycles. The van der Waals surface area contributed by atoms with Crippen LogP contribution in [0.15, 0.2) is 77.1 Å². The molecule has 0 saturated carbocycles. The van der Waals surface area contributed by atoms with Crippen molar-refractivity contribution in [1.82, 2.24) is 5.32 Å². The van der Waals surface area contributed by atoms with Crippen molar-refractivity contribution in [3.8, 4) is 0 Å². The van der Waals surface area contributed by atoms with Crippen LogP contribution in [-0.4, -0.2) is 24.8 Å². The molecule has 3 atom stereocenters. The summed E-state index contributed by atoms with van der Waals surface area (Å²) in [5.74, 6) is 0.223. The highest BCUT2D eigenvalue weighted by atomic mass is 35.5. The number of fused-ring (bicyclic) bond motifs is 2. The summed E-state index contributed by atoms with van der Waals surface area (Å²) in [4.78, 5) is 2.51. The highest BCUT2D eigenvalue weighted by Gasteiger charge is 2.57. The van der Waals surface area contributed by atoms with Gasteiger partial charge in [-0.05, 0) is 65.3 Å². The fourth-order valence-corrected chi connectivity index (χ4v) is 6.90. The molecule has 3 aromatic rings. The summed E-state index contributed by atoms with van der Waals surface area (Å²) in [6, 6.07) is 23.4. The van der Waals surface area contributed by atoms with E-state index in [1.807, 2.05) is 25.1 Å². The van der Waals surface area contributed by atoms with Gasteiger partial charge in [-0.1, -0.05) is 91.7 Å². The van der Waals surface area contributed by atoms with Gasteiger partial charge in [-0.15, -0.1) is 5.10 Å². The first-order valence-corrected chi connectivity index (χ1v) is 13.9. The molecule has 2 aliphatic rings. The Balaban J connectivity index is 1.58. The molecule has 0 bridgehead atoms. The average molecular weight is 549 g/mol. The van der Waals surface area contributed by atoms with Gasteiger partial charge in [0.2, 0.25) is 0 Å².